The number of ether oxygens (including phenoxy) is 1. The molecule has 124 valence electrons. The molecule has 6 nitrogen and oxygen atoms in total. The summed E-state index contributed by atoms with van der Waals surface area (Å²) in [5.41, 5.74) is 8.57. The average molecular weight is 345 g/mol. The minimum atomic E-state index is -0.226. The Balaban J connectivity index is 2.01. The van der Waals surface area contributed by atoms with E-state index in [-0.39, 0.29) is 11.9 Å². The van der Waals surface area contributed by atoms with Crippen LogP contribution in [-0.4, -0.2) is 40.8 Å². The molecule has 1 atom stereocenters. The summed E-state index contributed by atoms with van der Waals surface area (Å²) >= 11 is 6.28. The number of halogens is 1. The minimum Gasteiger partial charge on any atom is -0.397 e. The van der Waals surface area contributed by atoms with E-state index in [1.54, 1.807) is 17.0 Å². The van der Waals surface area contributed by atoms with Crippen molar-refractivity contribution in [1.29, 1.82) is 0 Å². The van der Waals surface area contributed by atoms with Crippen molar-refractivity contribution in [1.82, 2.24) is 15.1 Å². The molecule has 0 aliphatic carbocycles. The molecule has 1 fully saturated rings. The van der Waals surface area contributed by atoms with Gasteiger partial charge in [-0.3, -0.25) is 4.79 Å². The summed E-state index contributed by atoms with van der Waals surface area (Å²) in [7, 11) is 0. The second-order valence-corrected chi connectivity index (χ2v) is 5.91. The molecule has 0 bridgehead atoms. The van der Waals surface area contributed by atoms with Crippen molar-refractivity contribution in [2.45, 2.75) is 6.04 Å². The molecule has 2 N–H and O–H groups in total. The number of hydrogen-bond acceptors (Lipinski definition) is 5. The number of carbonyl (C=O) groups is 1. The summed E-state index contributed by atoms with van der Waals surface area (Å²) in [4.78, 5) is 13.8. The molecule has 2 aromatic rings. The van der Waals surface area contributed by atoms with E-state index in [4.69, 9.17) is 22.1 Å². The van der Waals surface area contributed by atoms with Gasteiger partial charge >= 0.3 is 0 Å². The van der Waals surface area contributed by atoms with Gasteiger partial charge in [0.1, 0.15) is 0 Å². The van der Waals surface area contributed by atoms with Crippen LogP contribution in [0.2, 0.25) is 5.02 Å². The Hall–Kier alpha value is -2.44. The monoisotopic (exact) mass is 344 g/mol. The number of nitrogens with zero attached hydrogens (tertiary/aromatic N) is 3. The van der Waals surface area contributed by atoms with Crippen LogP contribution in [-0.2, 0) is 9.53 Å². The molecule has 24 heavy (non-hydrogen) atoms. The largest absolute Gasteiger partial charge is 0.397 e. The van der Waals surface area contributed by atoms with Gasteiger partial charge in [-0.2, -0.15) is 10.2 Å². The Morgan fingerprint density at radius 2 is 2.25 bits per heavy atom. The van der Waals surface area contributed by atoms with Crippen LogP contribution in [0.1, 0.15) is 11.6 Å². The zero-order valence-corrected chi connectivity index (χ0v) is 13.7. The highest BCUT2D eigenvalue weighted by Crippen LogP contribution is 2.31. The normalized spacial score (nSPS) is 17.5. The summed E-state index contributed by atoms with van der Waals surface area (Å²) in [6.45, 7) is 4.98. The zero-order valence-electron chi connectivity index (χ0n) is 13.0. The van der Waals surface area contributed by atoms with Crippen molar-refractivity contribution in [3.8, 4) is 11.3 Å². The number of nitrogens with two attached hydrogens (primary N) is 1. The minimum absolute atomic E-state index is 0.131. The second kappa shape index (κ2) is 6.98. The fourth-order valence-corrected chi connectivity index (χ4v) is 2.98. The number of morpholine rings is 1. The lowest BCUT2D eigenvalue weighted by Crippen LogP contribution is -2.42. The Morgan fingerprint density at radius 1 is 1.42 bits per heavy atom. The first-order valence-electron chi connectivity index (χ1n) is 7.48. The molecule has 0 saturated carbocycles. The van der Waals surface area contributed by atoms with E-state index in [2.05, 4.69) is 16.8 Å². The van der Waals surface area contributed by atoms with Gasteiger partial charge in [-0.15, -0.1) is 0 Å². The van der Waals surface area contributed by atoms with Crippen LogP contribution < -0.4 is 5.73 Å². The van der Waals surface area contributed by atoms with Crippen LogP contribution in [0.25, 0.3) is 11.3 Å². The Morgan fingerprint density at radius 3 is 3.00 bits per heavy atom. The molecule has 1 aromatic heterocycles. The number of rotatable bonds is 3. The fourth-order valence-electron chi connectivity index (χ4n) is 2.74. The third-order valence-corrected chi connectivity index (χ3v) is 4.08. The quantitative estimate of drug-likeness (QED) is 0.865. The predicted octanol–water partition coefficient (Wildman–Crippen LogP) is 2.47. The van der Waals surface area contributed by atoms with Gasteiger partial charge in [-0.1, -0.05) is 18.2 Å². The maximum atomic E-state index is 12.1. The summed E-state index contributed by atoms with van der Waals surface area (Å²) in [6, 6.07) is 7.05. The molecule has 0 radical (unpaired) electrons. The van der Waals surface area contributed by atoms with Gasteiger partial charge in [-0.25, -0.2) is 0 Å². The van der Waals surface area contributed by atoms with E-state index in [1.807, 2.05) is 12.1 Å². The SMILES string of the molecule is C=CC(=O)N1CCOC[C@H]1c1cc(Cl)cc(-c2cc(N)cnn2)c1. The number of hydrogen-bond donors (Lipinski definition) is 1. The Kier molecular flexibility index (Phi) is 4.78. The van der Waals surface area contributed by atoms with Crippen molar-refractivity contribution in [2.24, 2.45) is 0 Å². The predicted molar refractivity (Wildman–Crippen MR) is 92.4 cm³/mol. The lowest BCUT2D eigenvalue weighted by atomic mass is 10.0. The first-order valence-corrected chi connectivity index (χ1v) is 7.86. The third kappa shape index (κ3) is 3.39. The van der Waals surface area contributed by atoms with Gasteiger partial charge in [0.2, 0.25) is 5.91 Å². The fraction of sp³-hybridized carbons (Fsp3) is 0.235. The van der Waals surface area contributed by atoms with Crippen molar-refractivity contribution in [3.63, 3.8) is 0 Å². The standard InChI is InChI=1S/C17H17ClN4O2/c1-2-17(23)22-3-4-24-10-16(22)12-5-11(6-13(18)7-12)15-8-14(19)9-20-21-15/h2,5-9,16H,1,3-4,10H2,(H2,19,21)/t16-/m0/s1. The lowest BCUT2D eigenvalue weighted by molar-refractivity contribution is -0.134. The van der Waals surface area contributed by atoms with E-state index < -0.39 is 0 Å². The van der Waals surface area contributed by atoms with Crippen LogP contribution in [0.15, 0.2) is 43.1 Å². The van der Waals surface area contributed by atoms with Crippen molar-refractivity contribution in [3.05, 3.63) is 53.7 Å². The number of anilines is 1. The molecule has 0 spiro atoms. The highest BCUT2D eigenvalue weighted by molar-refractivity contribution is 6.31. The highest BCUT2D eigenvalue weighted by atomic mass is 35.5. The second-order valence-electron chi connectivity index (χ2n) is 5.47. The molecule has 2 heterocycles. The van der Waals surface area contributed by atoms with Crippen LogP contribution >= 0.6 is 11.6 Å². The summed E-state index contributed by atoms with van der Waals surface area (Å²) in [5, 5.41) is 8.50. The highest BCUT2D eigenvalue weighted by Gasteiger charge is 2.28. The summed E-state index contributed by atoms with van der Waals surface area (Å²) < 4.78 is 5.55. The van der Waals surface area contributed by atoms with Gasteiger partial charge < -0.3 is 15.4 Å². The molecular weight excluding hydrogens is 328 g/mol. The molecule has 3 rings (SSSR count). The maximum Gasteiger partial charge on any atom is 0.246 e. The molecule has 1 amide bonds. The average Bonchev–Trinajstić information content (AvgIpc) is 2.60. The number of amides is 1. The first kappa shape index (κ1) is 16.4. The van der Waals surface area contributed by atoms with E-state index in [1.165, 1.54) is 12.3 Å². The Bertz CT molecular complexity index is 781. The molecule has 1 aliphatic rings. The number of nitrogen functional groups attached to an aromatic ring is 1. The molecule has 7 heteroatoms. The van der Waals surface area contributed by atoms with E-state index in [9.17, 15) is 4.79 Å². The van der Waals surface area contributed by atoms with Crippen LogP contribution in [0.4, 0.5) is 5.69 Å². The number of benzene rings is 1. The maximum absolute atomic E-state index is 12.1. The van der Waals surface area contributed by atoms with Gasteiger partial charge in [0, 0.05) is 17.1 Å². The van der Waals surface area contributed by atoms with Crippen LogP contribution in [0.3, 0.4) is 0 Å². The number of aromatic nitrogens is 2. The van der Waals surface area contributed by atoms with Gasteiger partial charge in [-0.05, 0) is 35.9 Å². The topological polar surface area (TPSA) is 81.3 Å². The van der Waals surface area contributed by atoms with Crippen LogP contribution in [0.5, 0.6) is 0 Å². The zero-order chi connectivity index (χ0) is 17.1. The third-order valence-electron chi connectivity index (χ3n) is 3.86. The lowest BCUT2D eigenvalue weighted by Gasteiger charge is -2.35. The van der Waals surface area contributed by atoms with Crippen LogP contribution in [0, 0.1) is 0 Å². The smallest absolute Gasteiger partial charge is 0.246 e. The first-order chi connectivity index (χ1) is 11.6. The molecule has 0 unspecified atom stereocenters. The summed E-state index contributed by atoms with van der Waals surface area (Å²) in [5.74, 6) is -0.131. The van der Waals surface area contributed by atoms with Crippen molar-refractivity contribution in [2.75, 3.05) is 25.5 Å². The molecule has 1 aliphatic heterocycles. The number of carbonyl (C=O) groups excluding carboxylic acids is 1. The molecule has 1 saturated heterocycles. The van der Waals surface area contributed by atoms with Crippen molar-refractivity contribution < 1.29 is 9.53 Å². The molecular formula is C17H17ClN4O2. The van der Waals surface area contributed by atoms with Crippen molar-refractivity contribution >= 4 is 23.2 Å². The van der Waals surface area contributed by atoms with E-state index in [0.717, 1.165) is 11.1 Å². The van der Waals surface area contributed by atoms with E-state index in [0.29, 0.717) is 36.2 Å². The van der Waals surface area contributed by atoms with E-state index >= 15 is 0 Å². The summed E-state index contributed by atoms with van der Waals surface area (Å²) in [6.07, 6.45) is 2.79. The van der Waals surface area contributed by atoms with Gasteiger partial charge in [0.25, 0.3) is 0 Å². The van der Waals surface area contributed by atoms with Gasteiger partial charge in [0.15, 0.2) is 0 Å². The van der Waals surface area contributed by atoms with Gasteiger partial charge in [0.05, 0.1) is 36.8 Å². The Labute approximate surface area is 144 Å². The molecule has 1 aromatic carbocycles.